The SMILES string of the molecule is C/C(=N\NC(=O)c1csc(C(C)C)c1)c1ccc(N2CCCCC2)cc1. The standard InChI is InChI=1S/C21H27N3OS/c1-15(2)20-13-18(14-26-20)21(25)23-22-16(3)17-7-9-19(10-8-17)24-11-5-4-6-12-24/h7-10,13-15H,4-6,11-12H2,1-3H3,(H,23,25)/b22-16+. The summed E-state index contributed by atoms with van der Waals surface area (Å²) in [6, 6.07) is 10.4. The summed E-state index contributed by atoms with van der Waals surface area (Å²) in [5, 5.41) is 6.17. The van der Waals surface area contributed by atoms with Crippen LogP contribution in [-0.4, -0.2) is 24.7 Å². The molecule has 2 heterocycles. The van der Waals surface area contributed by atoms with Crippen LogP contribution in [0.15, 0.2) is 40.8 Å². The molecular weight excluding hydrogens is 342 g/mol. The lowest BCUT2D eigenvalue weighted by Gasteiger charge is -2.28. The van der Waals surface area contributed by atoms with E-state index in [0.717, 1.165) is 24.4 Å². The second-order valence-corrected chi connectivity index (χ2v) is 8.07. The molecule has 1 aliphatic heterocycles. The van der Waals surface area contributed by atoms with E-state index in [9.17, 15) is 4.79 Å². The van der Waals surface area contributed by atoms with Crippen molar-refractivity contribution in [1.82, 2.24) is 5.43 Å². The topological polar surface area (TPSA) is 44.7 Å². The van der Waals surface area contributed by atoms with Crippen molar-refractivity contribution < 1.29 is 4.79 Å². The van der Waals surface area contributed by atoms with E-state index in [2.05, 4.69) is 53.5 Å². The van der Waals surface area contributed by atoms with Crippen molar-refractivity contribution in [2.24, 2.45) is 5.10 Å². The fourth-order valence-electron chi connectivity index (χ4n) is 3.10. The summed E-state index contributed by atoms with van der Waals surface area (Å²) in [6.45, 7) is 8.46. The molecule has 26 heavy (non-hydrogen) atoms. The van der Waals surface area contributed by atoms with Crippen LogP contribution in [0.3, 0.4) is 0 Å². The number of nitrogens with one attached hydrogen (secondary N) is 1. The van der Waals surface area contributed by atoms with Crippen LogP contribution < -0.4 is 10.3 Å². The summed E-state index contributed by atoms with van der Waals surface area (Å²) in [5.41, 5.74) is 6.45. The fraction of sp³-hybridized carbons (Fsp3) is 0.429. The molecule has 0 unspecified atom stereocenters. The number of thiophene rings is 1. The third-order valence-electron chi connectivity index (χ3n) is 4.78. The molecule has 2 aromatic rings. The first-order valence-corrected chi connectivity index (χ1v) is 10.2. The molecule has 5 heteroatoms. The summed E-state index contributed by atoms with van der Waals surface area (Å²) >= 11 is 1.62. The molecule has 1 N–H and O–H groups in total. The Balaban J connectivity index is 1.62. The number of amides is 1. The molecule has 0 bridgehead atoms. The minimum atomic E-state index is -0.155. The number of carbonyl (C=O) groups is 1. The highest BCUT2D eigenvalue weighted by molar-refractivity contribution is 7.10. The van der Waals surface area contributed by atoms with Crippen LogP contribution in [-0.2, 0) is 0 Å². The van der Waals surface area contributed by atoms with Gasteiger partial charge in [-0.1, -0.05) is 26.0 Å². The van der Waals surface area contributed by atoms with Crippen molar-refractivity contribution >= 4 is 28.6 Å². The maximum absolute atomic E-state index is 12.3. The first kappa shape index (κ1) is 18.6. The van der Waals surface area contributed by atoms with Crippen LogP contribution in [0.25, 0.3) is 0 Å². The second-order valence-electron chi connectivity index (χ2n) is 7.13. The maximum Gasteiger partial charge on any atom is 0.272 e. The molecule has 1 fully saturated rings. The molecule has 138 valence electrons. The first-order valence-electron chi connectivity index (χ1n) is 9.33. The van der Waals surface area contributed by atoms with Gasteiger partial charge in [-0.3, -0.25) is 4.79 Å². The van der Waals surface area contributed by atoms with E-state index in [4.69, 9.17) is 0 Å². The molecule has 3 rings (SSSR count). The van der Waals surface area contributed by atoms with E-state index >= 15 is 0 Å². The summed E-state index contributed by atoms with van der Waals surface area (Å²) < 4.78 is 0. The number of hydrogen-bond donors (Lipinski definition) is 1. The Morgan fingerprint density at radius 2 is 1.81 bits per heavy atom. The zero-order chi connectivity index (χ0) is 18.5. The molecule has 1 aromatic carbocycles. The Hall–Kier alpha value is -2.14. The quantitative estimate of drug-likeness (QED) is 0.594. The monoisotopic (exact) mass is 369 g/mol. The van der Waals surface area contributed by atoms with Gasteiger partial charge in [0.05, 0.1) is 11.3 Å². The summed E-state index contributed by atoms with van der Waals surface area (Å²) in [7, 11) is 0. The van der Waals surface area contributed by atoms with Gasteiger partial charge in [-0.15, -0.1) is 11.3 Å². The van der Waals surface area contributed by atoms with Gasteiger partial charge in [-0.05, 0) is 55.9 Å². The molecule has 0 radical (unpaired) electrons. The lowest BCUT2D eigenvalue weighted by Crippen LogP contribution is -2.29. The van der Waals surface area contributed by atoms with Crippen molar-refractivity contribution in [3.8, 4) is 0 Å². The number of benzene rings is 1. The zero-order valence-electron chi connectivity index (χ0n) is 15.8. The van der Waals surface area contributed by atoms with Crippen molar-refractivity contribution in [2.75, 3.05) is 18.0 Å². The summed E-state index contributed by atoms with van der Waals surface area (Å²) in [6.07, 6.45) is 3.88. The molecule has 0 atom stereocenters. The summed E-state index contributed by atoms with van der Waals surface area (Å²) in [4.78, 5) is 15.9. The van der Waals surface area contributed by atoms with E-state index in [-0.39, 0.29) is 5.91 Å². The van der Waals surface area contributed by atoms with Crippen LogP contribution in [0, 0.1) is 0 Å². The molecule has 0 saturated carbocycles. The number of nitrogens with zero attached hydrogens (tertiary/aromatic N) is 2. The zero-order valence-corrected chi connectivity index (χ0v) is 16.6. The largest absolute Gasteiger partial charge is 0.372 e. The van der Waals surface area contributed by atoms with Crippen molar-refractivity contribution in [1.29, 1.82) is 0 Å². The van der Waals surface area contributed by atoms with Gasteiger partial charge in [0.2, 0.25) is 0 Å². The number of hydrazone groups is 1. The average molecular weight is 370 g/mol. The van der Waals surface area contributed by atoms with Gasteiger partial charge in [0.1, 0.15) is 0 Å². The van der Waals surface area contributed by atoms with E-state index in [1.165, 1.54) is 29.8 Å². The van der Waals surface area contributed by atoms with Gasteiger partial charge in [-0.2, -0.15) is 5.10 Å². The lowest BCUT2D eigenvalue weighted by atomic mass is 10.1. The number of hydrogen-bond acceptors (Lipinski definition) is 4. The van der Waals surface area contributed by atoms with Crippen molar-refractivity contribution in [2.45, 2.75) is 46.0 Å². The number of piperidine rings is 1. The van der Waals surface area contributed by atoms with E-state index in [0.29, 0.717) is 11.5 Å². The Morgan fingerprint density at radius 1 is 1.12 bits per heavy atom. The fourth-order valence-corrected chi connectivity index (χ4v) is 4.01. The van der Waals surface area contributed by atoms with E-state index in [1.807, 2.05) is 18.4 Å². The van der Waals surface area contributed by atoms with Crippen molar-refractivity contribution in [3.63, 3.8) is 0 Å². The molecule has 4 nitrogen and oxygen atoms in total. The minimum absolute atomic E-state index is 0.155. The van der Waals surface area contributed by atoms with E-state index < -0.39 is 0 Å². The normalized spacial score (nSPS) is 15.4. The van der Waals surface area contributed by atoms with E-state index in [1.54, 1.807) is 11.3 Å². The third-order valence-corrected chi connectivity index (χ3v) is 6.02. The molecule has 1 saturated heterocycles. The molecular formula is C21H27N3OS. The summed E-state index contributed by atoms with van der Waals surface area (Å²) in [5.74, 6) is 0.280. The van der Waals surface area contributed by atoms with Gasteiger partial charge in [0.25, 0.3) is 5.91 Å². The van der Waals surface area contributed by atoms with Crippen LogP contribution in [0.5, 0.6) is 0 Å². The molecule has 1 amide bonds. The van der Waals surface area contributed by atoms with Gasteiger partial charge in [-0.25, -0.2) is 5.43 Å². The Kier molecular flexibility index (Phi) is 6.09. The predicted molar refractivity (Wildman–Crippen MR) is 111 cm³/mol. The average Bonchev–Trinajstić information content (AvgIpc) is 3.17. The lowest BCUT2D eigenvalue weighted by molar-refractivity contribution is 0.0955. The molecule has 1 aliphatic rings. The molecule has 1 aromatic heterocycles. The second kappa shape index (κ2) is 8.49. The number of anilines is 1. The highest BCUT2D eigenvalue weighted by Crippen LogP contribution is 2.23. The van der Waals surface area contributed by atoms with Crippen LogP contribution in [0.1, 0.15) is 66.8 Å². The van der Waals surface area contributed by atoms with Gasteiger partial charge >= 0.3 is 0 Å². The third kappa shape index (κ3) is 4.52. The molecule has 0 aliphatic carbocycles. The minimum Gasteiger partial charge on any atom is -0.372 e. The van der Waals surface area contributed by atoms with Crippen LogP contribution in [0.2, 0.25) is 0 Å². The van der Waals surface area contributed by atoms with Crippen molar-refractivity contribution in [3.05, 3.63) is 51.7 Å². The van der Waals surface area contributed by atoms with Crippen LogP contribution in [0.4, 0.5) is 5.69 Å². The Labute approximate surface area is 159 Å². The molecule has 0 spiro atoms. The number of carbonyl (C=O) groups excluding carboxylic acids is 1. The Morgan fingerprint density at radius 3 is 2.42 bits per heavy atom. The Bertz CT molecular complexity index is 771. The first-order chi connectivity index (χ1) is 12.5. The highest BCUT2D eigenvalue weighted by Gasteiger charge is 2.12. The highest BCUT2D eigenvalue weighted by atomic mass is 32.1. The van der Waals surface area contributed by atoms with Gasteiger partial charge in [0, 0.05) is 29.0 Å². The van der Waals surface area contributed by atoms with Crippen LogP contribution >= 0.6 is 11.3 Å². The smallest absolute Gasteiger partial charge is 0.272 e. The number of rotatable bonds is 5. The maximum atomic E-state index is 12.3. The van der Waals surface area contributed by atoms with Gasteiger partial charge < -0.3 is 4.90 Å². The van der Waals surface area contributed by atoms with Gasteiger partial charge in [0.15, 0.2) is 0 Å². The predicted octanol–water partition coefficient (Wildman–Crippen LogP) is 5.02.